The molecule has 4 aromatic rings. The van der Waals surface area contributed by atoms with Gasteiger partial charge >= 0.3 is 0 Å². The predicted octanol–water partition coefficient (Wildman–Crippen LogP) is 7.25. The van der Waals surface area contributed by atoms with E-state index in [4.69, 9.17) is 4.74 Å². The number of allylic oxidation sites excluding steroid dienone is 1. The fourth-order valence-electron chi connectivity index (χ4n) is 3.24. The van der Waals surface area contributed by atoms with E-state index in [9.17, 15) is 5.26 Å². The van der Waals surface area contributed by atoms with Gasteiger partial charge in [0, 0.05) is 10.0 Å². The molecule has 0 saturated heterocycles. The van der Waals surface area contributed by atoms with E-state index in [0.29, 0.717) is 12.2 Å². The first-order chi connectivity index (χ1) is 14.2. The minimum Gasteiger partial charge on any atom is -0.488 e. The van der Waals surface area contributed by atoms with E-state index in [1.807, 2.05) is 78.9 Å². The Hall–Kier alpha value is -3.35. The van der Waals surface area contributed by atoms with Gasteiger partial charge in [0.15, 0.2) is 0 Å². The fraction of sp³-hybridized carbons (Fsp3) is 0.0385. The summed E-state index contributed by atoms with van der Waals surface area (Å²) in [5.74, 6) is 0.761. The average Bonchev–Trinajstić information content (AvgIpc) is 2.78. The van der Waals surface area contributed by atoms with Gasteiger partial charge in [-0.3, -0.25) is 0 Å². The highest BCUT2D eigenvalue weighted by Crippen LogP contribution is 2.32. The summed E-state index contributed by atoms with van der Waals surface area (Å²) in [6.45, 7) is 0.472. The summed E-state index contributed by atoms with van der Waals surface area (Å²) in [4.78, 5) is 0. The lowest BCUT2D eigenvalue weighted by molar-refractivity contribution is 0.306. The van der Waals surface area contributed by atoms with E-state index >= 15 is 0 Å². The quantitative estimate of drug-likeness (QED) is 0.242. The molecule has 4 rings (SSSR count). The number of benzene rings is 4. The maximum Gasteiger partial charge on any atom is 0.127 e. The Morgan fingerprint density at radius 2 is 1.59 bits per heavy atom. The molecule has 0 spiro atoms. The van der Waals surface area contributed by atoms with Crippen LogP contribution >= 0.6 is 15.9 Å². The molecule has 0 amide bonds. The summed E-state index contributed by atoms with van der Waals surface area (Å²) >= 11 is 3.45. The Bertz CT molecular complexity index is 1210. The van der Waals surface area contributed by atoms with Crippen LogP contribution in [0.4, 0.5) is 0 Å². The largest absolute Gasteiger partial charge is 0.488 e. The van der Waals surface area contributed by atoms with E-state index in [-0.39, 0.29) is 0 Å². The van der Waals surface area contributed by atoms with E-state index in [1.165, 1.54) is 0 Å². The van der Waals surface area contributed by atoms with Gasteiger partial charge in [0.2, 0.25) is 0 Å². The molecule has 0 aliphatic carbocycles. The average molecular weight is 440 g/mol. The number of fused-ring (bicyclic) bond motifs is 1. The van der Waals surface area contributed by atoms with Gasteiger partial charge in [0.25, 0.3) is 0 Å². The third-order valence-electron chi connectivity index (χ3n) is 4.73. The molecule has 0 atom stereocenters. The molecule has 0 heterocycles. The molecular weight excluding hydrogens is 422 g/mol. The minimum absolute atomic E-state index is 0.472. The van der Waals surface area contributed by atoms with Crippen LogP contribution in [0.2, 0.25) is 0 Å². The van der Waals surface area contributed by atoms with Crippen molar-refractivity contribution in [2.45, 2.75) is 6.61 Å². The molecule has 0 fully saturated rings. The van der Waals surface area contributed by atoms with Crippen molar-refractivity contribution >= 4 is 38.4 Å². The van der Waals surface area contributed by atoms with Gasteiger partial charge < -0.3 is 4.74 Å². The van der Waals surface area contributed by atoms with Gasteiger partial charge in [-0.1, -0.05) is 88.7 Å². The first-order valence-corrected chi connectivity index (χ1v) is 10.1. The van der Waals surface area contributed by atoms with Crippen molar-refractivity contribution in [3.63, 3.8) is 0 Å². The maximum atomic E-state index is 9.81. The van der Waals surface area contributed by atoms with Crippen molar-refractivity contribution in [2.24, 2.45) is 0 Å². The van der Waals surface area contributed by atoms with Crippen LogP contribution < -0.4 is 4.74 Å². The van der Waals surface area contributed by atoms with Gasteiger partial charge in [-0.05, 0) is 46.2 Å². The molecule has 0 aromatic heterocycles. The lowest BCUT2D eigenvalue weighted by atomic mass is 9.98. The number of nitriles is 1. The predicted molar refractivity (Wildman–Crippen MR) is 122 cm³/mol. The zero-order valence-electron chi connectivity index (χ0n) is 15.7. The molecule has 0 aliphatic heterocycles. The molecule has 29 heavy (non-hydrogen) atoms. The zero-order valence-corrected chi connectivity index (χ0v) is 17.3. The normalized spacial score (nSPS) is 11.2. The molecule has 0 aliphatic rings. The Labute approximate surface area is 178 Å². The molecule has 0 N–H and O–H groups in total. The Morgan fingerprint density at radius 3 is 2.34 bits per heavy atom. The molecule has 0 radical (unpaired) electrons. The zero-order chi connectivity index (χ0) is 20.1. The SMILES string of the molecule is N#C/C(=C\c1c(OCc2ccccc2)ccc2ccccc12)c1ccc(Br)cc1. The van der Waals surface area contributed by atoms with E-state index in [1.54, 1.807) is 0 Å². The number of hydrogen-bond donors (Lipinski definition) is 0. The second-order valence-corrected chi connectivity index (χ2v) is 7.57. The van der Waals surface area contributed by atoms with Crippen LogP contribution in [-0.4, -0.2) is 0 Å². The fourth-order valence-corrected chi connectivity index (χ4v) is 3.50. The van der Waals surface area contributed by atoms with Crippen LogP contribution in [0.15, 0.2) is 95.5 Å². The molecule has 140 valence electrons. The monoisotopic (exact) mass is 439 g/mol. The molecular formula is C26H18BrNO. The standard InChI is InChI=1S/C26H18BrNO/c27-23-13-10-20(11-14-23)22(17-28)16-25-24-9-5-4-8-21(24)12-15-26(25)29-18-19-6-2-1-3-7-19/h1-16H,18H2/b22-16+. The van der Waals surface area contributed by atoms with Crippen LogP contribution in [-0.2, 0) is 6.61 Å². The molecule has 2 nitrogen and oxygen atoms in total. The van der Waals surface area contributed by atoms with Gasteiger partial charge in [0.1, 0.15) is 12.4 Å². The summed E-state index contributed by atoms with van der Waals surface area (Å²) < 4.78 is 7.15. The molecule has 0 bridgehead atoms. The lowest BCUT2D eigenvalue weighted by Crippen LogP contribution is -1.97. The highest BCUT2D eigenvalue weighted by Gasteiger charge is 2.10. The van der Waals surface area contributed by atoms with Gasteiger partial charge in [0.05, 0.1) is 11.6 Å². The number of rotatable bonds is 5. The van der Waals surface area contributed by atoms with Crippen LogP contribution in [0, 0.1) is 11.3 Å². The van der Waals surface area contributed by atoms with Crippen LogP contribution in [0.3, 0.4) is 0 Å². The number of hydrogen-bond acceptors (Lipinski definition) is 2. The summed E-state index contributed by atoms with van der Waals surface area (Å²) in [7, 11) is 0. The van der Waals surface area contributed by atoms with E-state index in [2.05, 4.69) is 40.2 Å². The second-order valence-electron chi connectivity index (χ2n) is 6.65. The summed E-state index contributed by atoms with van der Waals surface area (Å²) in [5, 5.41) is 12.0. The molecule has 4 aromatic carbocycles. The van der Waals surface area contributed by atoms with Crippen molar-refractivity contribution in [1.82, 2.24) is 0 Å². The lowest BCUT2D eigenvalue weighted by Gasteiger charge is -2.13. The smallest absolute Gasteiger partial charge is 0.127 e. The van der Waals surface area contributed by atoms with E-state index < -0.39 is 0 Å². The van der Waals surface area contributed by atoms with Crippen LogP contribution in [0.5, 0.6) is 5.75 Å². The van der Waals surface area contributed by atoms with Crippen LogP contribution in [0.1, 0.15) is 16.7 Å². The van der Waals surface area contributed by atoms with Crippen molar-refractivity contribution in [1.29, 1.82) is 5.26 Å². The highest BCUT2D eigenvalue weighted by molar-refractivity contribution is 9.10. The van der Waals surface area contributed by atoms with Crippen molar-refractivity contribution in [2.75, 3.05) is 0 Å². The Kier molecular flexibility index (Phi) is 5.74. The van der Waals surface area contributed by atoms with Gasteiger partial charge in [-0.25, -0.2) is 0 Å². The topological polar surface area (TPSA) is 33.0 Å². The Morgan fingerprint density at radius 1 is 0.862 bits per heavy atom. The number of ether oxygens (including phenoxy) is 1. The van der Waals surface area contributed by atoms with E-state index in [0.717, 1.165) is 37.7 Å². The van der Waals surface area contributed by atoms with Crippen LogP contribution in [0.25, 0.3) is 22.4 Å². The van der Waals surface area contributed by atoms with Crippen molar-refractivity contribution in [3.8, 4) is 11.8 Å². The first kappa shape index (κ1) is 19.0. The van der Waals surface area contributed by atoms with Crippen molar-refractivity contribution < 1.29 is 4.74 Å². The second kappa shape index (κ2) is 8.77. The number of nitrogens with zero attached hydrogens (tertiary/aromatic N) is 1. The minimum atomic E-state index is 0.472. The highest BCUT2D eigenvalue weighted by atomic mass is 79.9. The molecule has 0 saturated carbocycles. The summed E-state index contributed by atoms with van der Waals surface area (Å²) in [6, 6.07) is 32.4. The van der Waals surface area contributed by atoms with Crippen molar-refractivity contribution in [3.05, 3.63) is 112 Å². The van der Waals surface area contributed by atoms with Gasteiger partial charge in [-0.2, -0.15) is 5.26 Å². The third-order valence-corrected chi connectivity index (χ3v) is 5.26. The third kappa shape index (κ3) is 4.39. The maximum absolute atomic E-state index is 9.81. The summed E-state index contributed by atoms with van der Waals surface area (Å²) in [5.41, 5.74) is 3.48. The summed E-state index contributed by atoms with van der Waals surface area (Å²) in [6.07, 6.45) is 1.92. The van der Waals surface area contributed by atoms with Gasteiger partial charge in [-0.15, -0.1) is 0 Å². The first-order valence-electron chi connectivity index (χ1n) is 9.31. The number of halogens is 1. The molecule has 0 unspecified atom stereocenters. The Balaban J connectivity index is 1.79. The molecule has 3 heteroatoms.